The summed E-state index contributed by atoms with van der Waals surface area (Å²) >= 11 is 1.68. The normalized spacial score (nSPS) is 13.0. The average Bonchev–Trinajstić information content (AvgIpc) is 2.65. The van der Waals surface area contributed by atoms with Crippen LogP contribution in [0, 0.1) is 0 Å². The number of fused-ring (bicyclic) bond motifs is 1. The van der Waals surface area contributed by atoms with E-state index in [1.165, 1.54) is 11.0 Å². The molecule has 124 valence electrons. The Balaban J connectivity index is 1.55. The maximum absolute atomic E-state index is 11.8. The monoisotopic (exact) mass is 342 g/mol. The molecule has 4 nitrogen and oxygen atoms in total. The molecule has 0 unspecified atom stereocenters. The molecule has 0 fully saturated rings. The van der Waals surface area contributed by atoms with Gasteiger partial charge in [-0.15, -0.1) is 11.8 Å². The zero-order chi connectivity index (χ0) is 16.8. The number of hydrogen-bond donors (Lipinski definition) is 0. The Morgan fingerprint density at radius 1 is 1.12 bits per heavy atom. The first-order valence-corrected chi connectivity index (χ1v) is 8.84. The highest BCUT2D eigenvalue weighted by Gasteiger charge is 2.10. The van der Waals surface area contributed by atoms with Gasteiger partial charge in [-0.1, -0.05) is 18.2 Å². The third kappa shape index (κ3) is 4.32. The lowest BCUT2D eigenvalue weighted by Crippen LogP contribution is -2.15. The fraction of sp³-hybridized carbons (Fsp3) is 0.211. The van der Waals surface area contributed by atoms with Gasteiger partial charge in [-0.25, -0.2) is 4.79 Å². The van der Waals surface area contributed by atoms with E-state index in [0.717, 1.165) is 16.9 Å². The highest BCUT2D eigenvalue weighted by Crippen LogP contribution is 2.31. The van der Waals surface area contributed by atoms with E-state index in [-0.39, 0.29) is 12.6 Å². The minimum Gasteiger partial charge on any atom is -0.486 e. The van der Waals surface area contributed by atoms with Crippen LogP contribution < -0.4 is 9.47 Å². The summed E-state index contributed by atoms with van der Waals surface area (Å²) in [6.45, 7) is 1.36. The van der Waals surface area contributed by atoms with E-state index >= 15 is 0 Å². The molecule has 5 heteroatoms. The molecule has 0 saturated carbocycles. The topological polar surface area (TPSA) is 44.8 Å². The molecular formula is C19H18O4S. The van der Waals surface area contributed by atoms with Crippen LogP contribution in [0.4, 0.5) is 0 Å². The second-order valence-electron chi connectivity index (χ2n) is 5.19. The summed E-state index contributed by atoms with van der Waals surface area (Å²) in [5.74, 6) is 1.05. The maximum atomic E-state index is 11.8. The molecule has 0 spiro atoms. The number of ether oxygens (including phenoxy) is 3. The number of benzene rings is 2. The van der Waals surface area contributed by atoms with E-state index in [9.17, 15) is 4.79 Å². The Labute approximate surface area is 145 Å². The Morgan fingerprint density at radius 3 is 2.62 bits per heavy atom. The van der Waals surface area contributed by atoms with Crippen LogP contribution in [0.25, 0.3) is 6.08 Å². The summed E-state index contributed by atoms with van der Waals surface area (Å²) in [7, 11) is 0. The molecule has 1 heterocycles. The van der Waals surface area contributed by atoms with Gasteiger partial charge in [0.25, 0.3) is 0 Å². The second kappa shape index (κ2) is 7.93. The van der Waals surface area contributed by atoms with E-state index in [1.54, 1.807) is 17.8 Å². The minimum absolute atomic E-state index is 0.263. The molecule has 24 heavy (non-hydrogen) atoms. The van der Waals surface area contributed by atoms with E-state index < -0.39 is 0 Å². The number of rotatable bonds is 5. The second-order valence-corrected chi connectivity index (χ2v) is 6.07. The third-order valence-electron chi connectivity index (χ3n) is 3.52. The van der Waals surface area contributed by atoms with Crippen LogP contribution in [-0.4, -0.2) is 25.4 Å². The van der Waals surface area contributed by atoms with Crippen LogP contribution in [0.2, 0.25) is 0 Å². The van der Waals surface area contributed by atoms with E-state index in [0.29, 0.717) is 19.0 Å². The molecule has 0 radical (unpaired) electrons. The first kappa shape index (κ1) is 16.5. The van der Waals surface area contributed by atoms with E-state index in [2.05, 4.69) is 0 Å². The number of thioether (sulfide) groups is 1. The number of esters is 1. The van der Waals surface area contributed by atoms with Crippen molar-refractivity contribution >= 4 is 23.8 Å². The van der Waals surface area contributed by atoms with Crippen molar-refractivity contribution in [2.75, 3.05) is 19.5 Å². The van der Waals surface area contributed by atoms with Gasteiger partial charge in [0.1, 0.15) is 19.8 Å². The Hall–Kier alpha value is -2.40. The number of carbonyl (C=O) groups excluding carboxylic acids is 1. The fourth-order valence-corrected chi connectivity index (χ4v) is 2.66. The third-order valence-corrected chi connectivity index (χ3v) is 4.26. The van der Waals surface area contributed by atoms with Crippen molar-refractivity contribution in [2.45, 2.75) is 11.5 Å². The van der Waals surface area contributed by atoms with Crippen molar-refractivity contribution in [1.82, 2.24) is 0 Å². The lowest BCUT2D eigenvalue weighted by atomic mass is 10.2. The summed E-state index contributed by atoms with van der Waals surface area (Å²) in [6.07, 6.45) is 5.15. The van der Waals surface area contributed by atoms with Gasteiger partial charge in [0.15, 0.2) is 11.5 Å². The van der Waals surface area contributed by atoms with Gasteiger partial charge in [-0.05, 0) is 47.7 Å². The maximum Gasteiger partial charge on any atom is 0.331 e. The number of carbonyl (C=O) groups is 1. The van der Waals surface area contributed by atoms with Crippen LogP contribution in [0.3, 0.4) is 0 Å². The van der Waals surface area contributed by atoms with Crippen molar-refractivity contribution < 1.29 is 19.0 Å². The van der Waals surface area contributed by atoms with E-state index in [1.807, 2.05) is 48.7 Å². The molecule has 1 aliphatic rings. The van der Waals surface area contributed by atoms with Gasteiger partial charge in [0, 0.05) is 11.0 Å². The predicted octanol–water partition coefficient (Wildman–Crippen LogP) is 3.94. The lowest BCUT2D eigenvalue weighted by molar-refractivity contribution is -0.138. The fourth-order valence-electron chi connectivity index (χ4n) is 2.25. The summed E-state index contributed by atoms with van der Waals surface area (Å²) in [4.78, 5) is 13.0. The first-order valence-electron chi connectivity index (χ1n) is 7.62. The van der Waals surface area contributed by atoms with Gasteiger partial charge in [0.2, 0.25) is 0 Å². The zero-order valence-corrected chi connectivity index (χ0v) is 14.2. The molecule has 1 aliphatic heterocycles. The minimum atomic E-state index is -0.376. The smallest absolute Gasteiger partial charge is 0.331 e. The molecule has 0 atom stereocenters. The van der Waals surface area contributed by atoms with Crippen molar-refractivity contribution in [3.8, 4) is 11.5 Å². The Morgan fingerprint density at radius 2 is 1.88 bits per heavy atom. The van der Waals surface area contributed by atoms with Crippen LogP contribution in [0.5, 0.6) is 11.5 Å². The van der Waals surface area contributed by atoms with Gasteiger partial charge < -0.3 is 14.2 Å². The standard InChI is InChI=1S/C19H18O4S/c1-24-16-6-2-15(3-7-16)13-23-19(20)9-5-14-4-8-17-18(12-14)22-11-10-21-17/h2-9,12H,10-11,13H2,1H3/b9-5+. The lowest BCUT2D eigenvalue weighted by Gasteiger charge is -2.18. The summed E-state index contributed by atoms with van der Waals surface area (Å²) in [5.41, 5.74) is 1.83. The first-order chi connectivity index (χ1) is 11.7. The van der Waals surface area contributed by atoms with Crippen molar-refractivity contribution in [3.05, 3.63) is 59.7 Å². The van der Waals surface area contributed by atoms with Crippen molar-refractivity contribution in [3.63, 3.8) is 0 Å². The summed E-state index contributed by atoms with van der Waals surface area (Å²) in [6, 6.07) is 13.5. The molecule has 2 aromatic carbocycles. The molecule has 0 aromatic heterocycles. The number of hydrogen-bond acceptors (Lipinski definition) is 5. The SMILES string of the molecule is CSc1ccc(COC(=O)/C=C/c2ccc3c(c2)OCCO3)cc1. The predicted molar refractivity (Wildman–Crippen MR) is 94.5 cm³/mol. The van der Waals surface area contributed by atoms with Gasteiger partial charge in [-0.3, -0.25) is 0 Å². The molecule has 0 saturated heterocycles. The molecule has 3 rings (SSSR count). The molecule has 0 N–H and O–H groups in total. The quantitative estimate of drug-likeness (QED) is 0.468. The van der Waals surface area contributed by atoms with Crippen LogP contribution >= 0.6 is 11.8 Å². The molecule has 2 aromatic rings. The molecule has 0 amide bonds. The van der Waals surface area contributed by atoms with Crippen molar-refractivity contribution in [1.29, 1.82) is 0 Å². The molecule has 0 bridgehead atoms. The highest BCUT2D eigenvalue weighted by atomic mass is 32.2. The van der Waals surface area contributed by atoms with Gasteiger partial charge >= 0.3 is 5.97 Å². The van der Waals surface area contributed by atoms with Crippen LogP contribution in [0.15, 0.2) is 53.4 Å². The zero-order valence-electron chi connectivity index (χ0n) is 13.4. The van der Waals surface area contributed by atoms with Crippen LogP contribution in [0.1, 0.15) is 11.1 Å². The van der Waals surface area contributed by atoms with Crippen LogP contribution in [-0.2, 0) is 16.1 Å². The van der Waals surface area contributed by atoms with E-state index in [4.69, 9.17) is 14.2 Å². The highest BCUT2D eigenvalue weighted by molar-refractivity contribution is 7.98. The van der Waals surface area contributed by atoms with Crippen molar-refractivity contribution in [2.24, 2.45) is 0 Å². The largest absolute Gasteiger partial charge is 0.486 e. The Kier molecular flexibility index (Phi) is 5.43. The molecular weight excluding hydrogens is 324 g/mol. The summed E-state index contributed by atoms with van der Waals surface area (Å²) < 4.78 is 16.2. The average molecular weight is 342 g/mol. The molecule has 0 aliphatic carbocycles. The van der Waals surface area contributed by atoms with Gasteiger partial charge in [0.05, 0.1) is 0 Å². The Bertz CT molecular complexity index is 738. The summed E-state index contributed by atoms with van der Waals surface area (Å²) in [5, 5.41) is 0. The van der Waals surface area contributed by atoms with Gasteiger partial charge in [-0.2, -0.15) is 0 Å².